The molecule has 0 bridgehead atoms. The van der Waals surface area contributed by atoms with Gasteiger partial charge in [0.1, 0.15) is 0 Å². The van der Waals surface area contributed by atoms with Gasteiger partial charge in [0.2, 0.25) is 0 Å². The van der Waals surface area contributed by atoms with Crippen molar-refractivity contribution in [1.82, 2.24) is 0 Å². The Labute approximate surface area is 98.7 Å². The van der Waals surface area contributed by atoms with Crippen molar-refractivity contribution < 1.29 is 4.79 Å². The molecule has 2 rings (SSSR count). The molecule has 80 valence electrons. The molecule has 1 amide bonds. The van der Waals surface area contributed by atoms with Gasteiger partial charge < -0.3 is 5.73 Å². The second-order valence-corrected chi connectivity index (χ2v) is 3.80. The summed E-state index contributed by atoms with van der Waals surface area (Å²) in [4.78, 5) is 11.4. The van der Waals surface area contributed by atoms with Gasteiger partial charge in [-0.1, -0.05) is 54.1 Å². The summed E-state index contributed by atoms with van der Waals surface area (Å²) in [5.41, 5.74) is 7.39. The van der Waals surface area contributed by atoms with Crippen LogP contribution in [0.4, 0.5) is 0 Å². The van der Waals surface area contributed by atoms with Gasteiger partial charge in [-0.15, -0.1) is 0 Å². The molecule has 3 heteroatoms. The summed E-state index contributed by atoms with van der Waals surface area (Å²) in [5, 5.41) is 0.383. The van der Waals surface area contributed by atoms with Crippen molar-refractivity contribution in [2.75, 3.05) is 0 Å². The molecule has 0 radical (unpaired) electrons. The van der Waals surface area contributed by atoms with Crippen LogP contribution in [-0.2, 0) is 0 Å². The van der Waals surface area contributed by atoms with Crippen molar-refractivity contribution in [2.45, 2.75) is 0 Å². The highest BCUT2D eigenvalue weighted by Crippen LogP contribution is 2.28. The molecule has 0 unspecified atom stereocenters. The molecule has 0 spiro atoms. The highest BCUT2D eigenvalue weighted by Gasteiger charge is 2.13. The molecule has 0 atom stereocenters. The van der Waals surface area contributed by atoms with Crippen molar-refractivity contribution in [3.05, 3.63) is 59.1 Å². The summed E-state index contributed by atoms with van der Waals surface area (Å²) < 4.78 is 0. The van der Waals surface area contributed by atoms with Crippen molar-refractivity contribution in [3.63, 3.8) is 0 Å². The number of amides is 1. The van der Waals surface area contributed by atoms with Crippen LogP contribution in [0, 0.1) is 0 Å². The second kappa shape index (κ2) is 4.37. The van der Waals surface area contributed by atoms with Crippen LogP contribution in [0.2, 0.25) is 5.02 Å². The average molecular weight is 232 g/mol. The monoisotopic (exact) mass is 231 g/mol. The number of hydrogen-bond acceptors (Lipinski definition) is 1. The number of benzene rings is 2. The SMILES string of the molecule is NC(=O)c1c(Cl)cccc1-c1ccccc1. The van der Waals surface area contributed by atoms with Crippen LogP contribution in [0.1, 0.15) is 10.4 Å². The molecule has 2 aromatic rings. The Morgan fingerprint density at radius 2 is 1.69 bits per heavy atom. The molecule has 0 saturated carbocycles. The maximum atomic E-state index is 11.4. The van der Waals surface area contributed by atoms with Crippen LogP contribution in [0.15, 0.2) is 48.5 Å². The summed E-state index contributed by atoms with van der Waals surface area (Å²) in [5.74, 6) is -0.510. The van der Waals surface area contributed by atoms with Gasteiger partial charge in [0.05, 0.1) is 10.6 Å². The van der Waals surface area contributed by atoms with Crippen molar-refractivity contribution in [1.29, 1.82) is 0 Å². The standard InChI is InChI=1S/C13H10ClNO/c14-11-8-4-7-10(12(11)13(15)16)9-5-2-1-3-6-9/h1-8H,(H2,15,16). The molecule has 2 aromatic carbocycles. The highest BCUT2D eigenvalue weighted by molar-refractivity contribution is 6.34. The molecule has 0 saturated heterocycles. The number of halogens is 1. The van der Waals surface area contributed by atoms with E-state index in [4.69, 9.17) is 17.3 Å². The van der Waals surface area contributed by atoms with Gasteiger partial charge in [0.25, 0.3) is 5.91 Å². The van der Waals surface area contributed by atoms with Crippen LogP contribution in [0.3, 0.4) is 0 Å². The third-order valence-corrected chi connectivity index (χ3v) is 2.66. The maximum absolute atomic E-state index is 11.4. The Kier molecular flexibility index (Phi) is 2.93. The lowest BCUT2D eigenvalue weighted by atomic mass is 9.99. The molecule has 0 aliphatic carbocycles. The number of carbonyl (C=O) groups is 1. The molecule has 16 heavy (non-hydrogen) atoms. The van der Waals surface area contributed by atoms with Gasteiger partial charge in [-0.2, -0.15) is 0 Å². The van der Waals surface area contributed by atoms with E-state index >= 15 is 0 Å². The van der Waals surface area contributed by atoms with Crippen molar-refractivity contribution >= 4 is 17.5 Å². The largest absolute Gasteiger partial charge is 0.366 e. The van der Waals surface area contributed by atoms with Crippen LogP contribution in [-0.4, -0.2) is 5.91 Å². The predicted octanol–water partition coefficient (Wildman–Crippen LogP) is 3.11. The molecule has 0 aliphatic heterocycles. The molecule has 2 N–H and O–H groups in total. The van der Waals surface area contributed by atoms with E-state index in [2.05, 4.69) is 0 Å². The molecule has 2 nitrogen and oxygen atoms in total. The van der Waals surface area contributed by atoms with E-state index in [1.807, 2.05) is 36.4 Å². The Hall–Kier alpha value is -1.80. The van der Waals surface area contributed by atoms with E-state index < -0.39 is 5.91 Å². The zero-order valence-corrected chi connectivity index (χ0v) is 9.24. The van der Waals surface area contributed by atoms with Gasteiger partial charge in [0, 0.05) is 0 Å². The van der Waals surface area contributed by atoms with Crippen LogP contribution >= 0.6 is 11.6 Å². The van der Waals surface area contributed by atoms with Crippen LogP contribution in [0.25, 0.3) is 11.1 Å². The average Bonchev–Trinajstić information content (AvgIpc) is 2.29. The Morgan fingerprint density at radius 1 is 1.00 bits per heavy atom. The second-order valence-electron chi connectivity index (χ2n) is 3.39. The first-order valence-electron chi connectivity index (χ1n) is 4.84. The van der Waals surface area contributed by atoms with Gasteiger partial charge in [0.15, 0.2) is 0 Å². The first kappa shape index (κ1) is 10.7. The lowest BCUT2D eigenvalue weighted by molar-refractivity contribution is 0.100. The van der Waals surface area contributed by atoms with E-state index in [1.54, 1.807) is 12.1 Å². The first-order valence-corrected chi connectivity index (χ1v) is 5.21. The quantitative estimate of drug-likeness (QED) is 0.848. The highest BCUT2D eigenvalue weighted by atomic mass is 35.5. The number of rotatable bonds is 2. The minimum atomic E-state index is -0.510. The lowest BCUT2D eigenvalue weighted by Crippen LogP contribution is -2.13. The van der Waals surface area contributed by atoms with Crippen molar-refractivity contribution in [3.8, 4) is 11.1 Å². The topological polar surface area (TPSA) is 43.1 Å². The Morgan fingerprint density at radius 3 is 2.31 bits per heavy atom. The van der Waals surface area contributed by atoms with Gasteiger partial charge in [-0.3, -0.25) is 4.79 Å². The molecule has 0 aliphatic rings. The number of nitrogens with two attached hydrogens (primary N) is 1. The minimum Gasteiger partial charge on any atom is -0.366 e. The van der Waals surface area contributed by atoms with E-state index in [1.165, 1.54) is 0 Å². The first-order chi connectivity index (χ1) is 7.70. The van der Waals surface area contributed by atoms with E-state index in [0.29, 0.717) is 10.6 Å². The fraction of sp³-hybridized carbons (Fsp3) is 0. The third-order valence-electron chi connectivity index (χ3n) is 2.34. The van der Waals surface area contributed by atoms with Crippen molar-refractivity contribution in [2.24, 2.45) is 5.73 Å². The molecular weight excluding hydrogens is 222 g/mol. The van der Waals surface area contributed by atoms with Gasteiger partial charge in [-0.25, -0.2) is 0 Å². The van der Waals surface area contributed by atoms with Gasteiger partial charge in [-0.05, 0) is 17.2 Å². The zero-order valence-electron chi connectivity index (χ0n) is 8.48. The molecule has 0 heterocycles. The summed E-state index contributed by atoms with van der Waals surface area (Å²) >= 11 is 5.97. The normalized spacial score (nSPS) is 10.1. The van der Waals surface area contributed by atoms with E-state index in [-0.39, 0.29) is 0 Å². The number of carbonyl (C=O) groups excluding carboxylic acids is 1. The Balaban J connectivity index is 2.66. The molecule has 0 aromatic heterocycles. The smallest absolute Gasteiger partial charge is 0.250 e. The van der Waals surface area contributed by atoms with E-state index in [0.717, 1.165) is 11.1 Å². The summed E-state index contributed by atoms with van der Waals surface area (Å²) in [6.45, 7) is 0. The summed E-state index contributed by atoms with van der Waals surface area (Å²) in [7, 11) is 0. The van der Waals surface area contributed by atoms with Crippen LogP contribution in [0.5, 0.6) is 0 Å². The Bertz CT molecular complexity index is 523. The molecular formula is C13H10ClNO. The summed E-state index contributed by atoms with van der Waals surface area (Å²) in [6.07, 6.45) is 0. The molecule has 0 fully saturated rings. The fourth-order valence-electron chi connectivity index (χ4n) is 1.63. The predicted molar refractivity (Wildman–Crippen MR) is 65.4 cm³/mol. The number of primary amides is 1. The third kappa shape index (κ3) is 1.92. The maximum Gasteiger partial charge on any atom is 0.250 e. The van der Waals surface area contributed by atoms with Gasteiger partial charge >= 0.3 is 0 Å². The zero-order chi connectivity index (χ0) is 11.5. The van der Waals surface area contributed by atoms with E-state index in [9.17, 15) is 4.79 Å². The minimum absolute atomic E-state index is 0.371. The summed E-state index contributed by atoms with van der Waals surface area (Å²) in [6, 6.07) is 14.8. The fourth-order valence-corrected chi connectivity index (χ4v) is 1.90. The lowest BCUT2D eigenvalue weighted by Gasteiger charge is -2.08. The number of hydrogen-bond donors (Lipinski definition) is 1. The van der Waals surface area contributed by atoms with Crippen LogP contribution < -0.4 is 5.73 Å².